The van der Waals surface area contributed by atoms with Gasteiger partial charge in [-0.3, -0.25) is 4.79 Å². The first-order valence-corrected chi connectivity index (χ1v) is 12.0. The van der Waals surface area contributed by atoms with Crippen LogP contribution in [0.15, 0.2) is 45.7 Å². The van der Waals surface area contributed by atoms with Crippen molar-refractivity contribution in [1.29, 1.82) is 5.26 Å². The second-order valence-electron chi connectivity index (χ2n) is 9.08. The van der Waals surface area contributed by atoms with Crippen molar-refractivity contribution in [3.05, 3.63) is 59.2 Å². The van der Waals surface area contributed by atoms with Crippen LogP contribution in [0.25, 0.3) is 11.5 Å². The van der Waals surface area contributed by atoms with Gasteiger partial charge in [-0.15, -0.1) is 10.2 Å². The number of benzene rings is 2. The van der Waals surface area contributed by atoms with Gasteiger partial charge in [-0.05, 0) is 29.8 Å². The molecule has 0 saturated carbocycles. The number of fused-ring (bicyclic) bond motifs is 1. The smallest absolute Gasteiger partial charge is 0.250 e. The largest absolute Gasteiger partial charge is 0.420 e. The standard InChI is InChI=1S/C23H22FN5O4S/c1-23(2,3)22-28-27-20(33-22)15-8-18-19(9-16(15)24)34(31,32)12-17(26)21(30)29(18)11-14-6-4-13(10-25)5-7-14/h4-9,17H,11-12,26H2,1-3H3/t17-/m0/s1. The van der Waals surface area contributed by atoms with Gasteiger partial charge in [0.2, 0.25) is 11.8 Å². The predicted molar refractivity (Wildman–Crippen MR) is 121 cm³/mol. The van der Waals surface area contributed by atoms with Crippen LogP contribution in [0.3, 0.4) is 0 Å². The Hall–Kier alpha value is -3.62. The van der Waals surface area contributed by atoms with Crippen LogP contribution in [0.2, 0.25) is 0 Å². The average Bonchev–Trinajstić information content (AvgIpc) is 3.25. The van der Waals surface area contributed by atoms with Crippen LogP contribution >= 0.6 is 0 Å². The maximum atomic E-state index is 15.1. The molecule has 1 aromatic heterocycles. The fourth-order valence-electron chi connectivity index (χ4n) is 3.55. The topological polar surface area (TPSA) is 143 Å². The summed E-state index contributed by atoms with van der Waals surface area (Å²) in [5.41, 5.74) is 6.32. The Labute approximate surface area is 195 Å². The van der Waals surface area contributed by atoms with Gasteiger partial charge in [-0.1, -0.05) is 32.9 Å². The molecule has 0 bridgehead atoms. The molecule has 2 aromatic carbocycles. The number of hydrogen-bond donors (Lipinski definition) is 1. The minimum atomic E-state index is -4.07. The first-order chi connectivity index (χ1) is 15.9. The van der Waals surface area contributed by atoms with Gasteiger partial charge in [0.1, 0.15) is 5.82 Å². The fraction of sp³-hybridized carbons (Fsp3) is 0.304. The molecule has 176 valence electrons. The number of nitriles is 1. The second kappa shape index (κ2) is 8.30. The Balaban J connectivity index is 1.88. The summed E-state index contributed by atoms with van der Waals surface area (Å²) in [5.74, 6) is -2.03. The van der Waals surface area contributed by atoms with Gasteiger partial charge < -0.3 is 15.1 Å². The zero-order valence-corrected chi connectivity index (χ0v) is 19.6. The molecule has 0 saturated heterocycles. The number of anilines is 1. The first kappa shape index (κ1) is 23.5. The molecule has 4 rings (SSSR count). The molecule has 0 fully saturated rings. The summed E-state index contributed by atoms with van der Waals surface area (Å²) >= 11 is 0. The van der Waals surface area contributed by atoms with Crippen LogP contribution in [0.5, 0.6) is 0 Å². The summed E-state index contributed by atoms with van der Waals surface area (Å²) in [7, 11) is -4.07. The van der Waals surface area contributed by atoms with Crippen molar-refractivity contribution in [3.63, 3.8) is 0 Å². The Morgan fingerprint density at radius 1 is 1.24 bits per heavy atom. The summed E-state index contributed by atoms with van der Waals surface area (Å²) in [4.78, 5) is 14.0. The van der Waals surface area contributed by atoms with Gasteiger partial charge in [0.25, 0.3) is 5.89 Å². The summed E-state index contributed by atoms with van der Waals surface area (Å²) in [6.07, 6.45) is 0. The van der Waals surface area contributed by atoms with Crippen LogP contribution in [0, 0.1) is 17.1 Å². The maximum absolute atomic E-state index is 15.1. The van der Waals surface area contributed by atoms with Crippen LogP contribution < -0.4 is 10.6 Å². The summed E-state index contributed by atoms with van der Waals surface area (Å²) in [5, 5.41) is 16.9. The van der Waals surface area contributed by atoms with Crippen LogP contribution in [0.1, 0.15) is 37.8 Å². The minimum Gasteiger partial charge on any atom is -0.420 e. The molecule has 2 N–H and O–H groups in total. The quantitative estimate of drug-likeness (QED) is 0.599. The molecule has 1 aliphatic rings. The van der Waals surface area contributed by atoms with E-state index in [1.807, 2.05) is 26.8 Å². The third-order valence-electron chi connectivity index (χ3n) is 5.38. The van der Waals surface area contributed by atoms with Gasteiger partial charge in [-0.25, -0.2) is 12.8 Å². The number of aromatic nitrogens is 2. The molecule has 0 aliphatic carbocycles. The van der Waals surface area contributed by atoms with E-state index in [2.05, 4.69) is 10.2 Å². The van der Waals surface area contributed by atoms with Crippen molar-refractivity contribution >= 4 is 21.4 Å². The number of nitrogens with zero attached hydrogens (tertiary/aromatic N) is 4. The predicted octanol–water partition coefficient (Wildman–Crippen LogP) is 2.69. The number of hydrogen-bond acceptors (Lipinski definition) is 8. The van der Waals surface area contributed by atoms with Crippen molar-refractivity contribution in [1.82, 2.24) is 10.2 Å². The van der Waals surface area contributed by atoms with E-state index >= 15 is 4.39 Å². The normalized spacial score (nSPS) is 17.7. The number of nitrogens with two attached hydrogens (primary N) is 1. The zero-order chi connectivity index (χ0) is 24.8. The number of carbonyl (C=O) groups excluding carboxylic acids is 1. The number of halogens is 1. The minimum absolute atomic E-state index is 0.0331. The lowest BCUT2D eigenvalue weighted by Crippen LogP contribution is -2.45. The first-order valence-electron chi connectivity index (χ1n) is 10.4. The van der Waals surface area contributed by atoms with E-state index in [1.54, 1.807) is 24.3 Å². The van der Waals surface area contributed by atoms with Gasteiger partial charge in [0.15, 0.2) is 9.84 Å². The summed E-state index contributed by atoms with van der Waals surface area (Å²) in [6, 6.07) is 9.21. The van der Waals surface area contributed by atoms with E-state index in [0.717, 1.165) is 6.07 Å². The van der Waals surface area contributed by atoms with E-state index in [1.165, 1.54) is 11.0 Å². The lowest BCUT2D eigenvalue weighted by Gasteiger charge is -2.24. The Kier molecular flexibility index (Phi) is 5.75. The zero-order valence-electron chi connectivity index (χ0n) is 18.7. The van der Waals surface area contributed by atoms with Crippen molar-refractivity contribution in [2.75, 3.05) is 10.7 Å². The molecular weight excluding hydrogens is 461 g/mol. The highest BCUT2D eigenvalue weighted by molar-refractivity contribution is 7.91. The van der Waals surface area contributed by atoms with E-state index in [0.29, 0.717) is 11.1 Å². The highest BCUT2D eigenvalue weighted by Gasteiger charge is 2.37. The van der Waals surface area contributed by atoms with E-state index in [4.69, 9.17) is 15.4 Å². The summed E-state index contributed by atoms with van der Waals surface area (Å²) in [6.45, 7) is 5.51. The Morgan fingerprint density at radius 2 is 1.91 bits per heavy atom. The number of sulfone groups is 1. The highest BCUT2D eigenvalue weighted by Crippen LogP contribution is 2.37. The summed E-state index contributed by atoms with van der Waals surface area (Å²) < 4.78 is 46.7. The third kappa shape index (κ3) is 4.30. The Bertz CT molecular complexity index is 1420. The average molecular weight is 484 g/mol. The number of rotatable bonds is 3. The van der Waals surface area contributed by atoms with E-state index in [9.17, 15) is 13.2 Å². The van der Waals surface area contributed by atoms with Gasteiger partial charge in [0.05, 0.1) is 46.1 Å². The lowest BCUT2D eigenvalue weighted by atomic mass is 9.97. The van der Waals surface area contributed by atoms with Crippen molar-refractivity contribution in [3.8, 4) is 17.5 Å². The molecule has 11 heteroatoms. The third-order valence-corrected chi connectivity index (χ3v) is 7.17. The molecule has 1 aliphatic heterocycles. The lowest BCUT2D eigenvalue weighted by molar-refractivity contribution is -0.119. The fourth-order valence-corrected chi connectivity index (χ4v) is 5.12. The van der Waals surface area contributed by atoms with E-state index < -0.39 is 38.8 Å². The molecule has 2 heterocycles. The van der Waals surface area contributed by atoms with Gasteiger partial charge in [-0.2, -0.15) is 5.26 Å². The van der Waals surface area contributed by atoms with Crippen LogP contribution in [0.4, 0.5) is 10.1 Å². The van der Waals surface area contributed by atoms with Crippen molar-refractivity contribution in [2.24, 2.45) is 5.73 Å². The molecule has 0 spiro atoms. The SMILES string of the molecule is CC(C)(C)c1nnc(-c2cc3c(cc2F)S(=O)(=O)C[C@H](N)C(=O)N3Cc2ccc(C#N)cc2)o1. The molecule has 1 amide bonds. The van der Waals surface area contributed by atoms with E-state index in [-0.39, 0.29) is 34.5 Å². The molecule has 3 aromatic rings. The molecule has 34 heavy (non-hydrogen) atoms. The second-order valence-corrected chi connectivity index (χ2v) is 11.1. The Morgan fingerprint density at radius 3 is 2.50 bits per heavy atom. The van der Waals surface area contributed by atoms with Gasteiger partial charge in [0, 0.05) is 5.41 Å². The molecule has 0 unspecified atom stereocenters. The van der Waals surface area contributed by atoms with Crippen molar-refractivity contribution < 1.29 is 22.0 Å². The van der Waals surface area contributed by atoms with Gasteiger partial charge >= 0.3 is 0 Å². The monoisotopic (exact) mass is 483 g/mol. The van der Waals surface area contributed by atoms with Crippen LogP contribution in [-0.4, -0.2) is 36.3 Å². The maximum Gasteiger partial charge on any atom is 0.250 e. The van der Waals surface area contributed by atoms with Crippen LogP contribution in [-0.2, 0) is 26.6 Å². The number of amides is 1. The highest BCUT2D eigenvalue weighted by atomic mass is 32.2. The van der Waals surface area contributed by atoms with Crippen molar-refractivity contribution in [2.45, 2.75) is 43.7 Å². The molecule has 0 radical (unpaired) electrons. The molecule has 1 atom stereocenters. The molecule has 9 nitrogen and oxygen atoms in total. The number of carbonyl (C=O) groups is 1. The molecular formula is C23H22FN5O4S.